The Labute approximate surface area is 175 Å². The van der Waals surface area contributed by atoms with Crippen LogP contribution in [0.15, 0.2) is 34.3 Å². The van der Waals surface area contributed by atoms with Gasteiger partial charge in [-0.3, -0.25) is 24.0 Å². The number of carbonyl (C=O) groups excluding carboxylic acids is 1. The Bertz CT molecular complexity index is 938. The molecule has 1 amide bonds. The molecule has 2 aliphatic heterocycles. The third kappa shape index (κ3) is 4.23. The number of amides is 1. The maximum absolute atomic E-state index is 13.1. The van der Waals surface area contributed by atoms with Crippen LogP contribution < -0.4 is 5.56 Å². The normalized spacial score (nSPS) is 19.8. The van der Waals surface area contributed by atoms with E-state index < -0.39 is 0 Å². The summed E-state index contributed by atoms with van der Waals surface area (Å²) in [4.78, 5) is 39.2. The molecule has 7 nitrogen and oxygen atoms in total. The van der Waals surface area contributed by atoms with E-state index in [0.29, 0.717) is 18.7 Å². The van der Waals surface area contributed by atoms with Crippen molar-refractivity contribution in [2.45, 2.75) is 38.5 Å². The highest BCUT2D eigenvalue weighted by molar-refractivity contribution is 7.99. The smallest absolute Gasteiger partial charge is 0.257 e. The molecule has 0 N–H and O–H groups in total. The van der Waals surface area contributed by atoms with Gasteiger partial charge < -0.3 is 4.90 Å². The number of hydrogen-bond acceptors (Lipinski definition) is 6. The second-order valence-corrected chi connectivity index (χ2v) is 8.65. The van der Waals surface area contributed by atoms with Crippen molar-refractivity contribution < 1.29 is 4.79 Å². The highest BCUT2D eigenvalue weighted by Gasteiger charge is 2.32. The SMILES string of the molecule is CCc1c(C)nc2n(c1=O)C[C@H](C(=O)N1CCN(Cc3ccccn3)CC1)CS2. The summed E-state index contributed by atoms with van der Waals surface area (Å²) in [7, 11) is 0. The van der Waals surface area contributed by atoms with Gasteiger partial charge in [0.05, 0.1) is 11.6 Å². The van der Waals surface area contributed by atoms with Gasteiger partial charge in [0.25, 0.3) is 5.56 Å². The van der Waals surface area contributed by atoms with Gasteiger partial charge in [0.2, 0.25) is 5.91 Å². The van der Waals surface area contributed by atoms with Crippen molar-refractivity contribution in [2.24, 2.45) is 5.92 Å². The molecule has 8 heteroatoms. The molecular formula is C21H27N5O2S. The molecule has 2 aromatic heterocycles. The lowest BCUT2D eigenvalue weighted by molar-refractivity contribution is -0.137. The number of thioether (sulfide) groups is 1. The summed E-state index contributed by atoms with van der Waals surface area (Å²) < 4.78 is 1.71. The number of piperazine rings is 1. The Morgan fingerprint density at radius 2 is 2.03 bits per heavy atom. The molecule has 1 atom stereocenters. The Balaban J connectivity index is 1.38. The van der Waals surface area contributed by atoms with Crippen molar-refractivity contribution in [1.82, 2.24) is 24.3 Å². The summed E-state index contributed by atoms with van der Waals surface area (Å²) in [5.41, 5.74) is 2.64. The van der Waals surface area contributed by atoms with Gasteiger partial charge in [0.15, 0.2) is 5.16 Å². The molecule has 1 fully saturated rings. The van der Waals surface area contributed by atoms with Gasteiger partial charge in [-0.05, 0) is 25.5 Å². The first-order valence-electron chi connectivity index (χ1n) is 10.2. The van der Waals surface area contributed by atoms with Crippen LogP contribution in [0.3, 0.4) is 0 Å². The van der Waals surface area contributed by atoms with E-state index >= 15 is 0 Å². The molecule has 2 aromatic rings. The lowest BCUT2D eigenvalue weighted by Gasteiger charge is -2.37. The van der Waals surface area contributed by atoms with Crippen LogP contribution in [-0.2, 0) is 24.3 Å². The Morgan fingerprint density at radius 1 is 1.24 bits per heavy atom. The van der Waals surface area contributed by atoms with Crippen LogP contribution in [0.25, 0.3) is 0 Å². The number of aryl methyl sites for hydroxylation is 1. The van der Waals surface area contributed by atoms with Crippen LogP contribution in [0.1, 0.15) is 23.9 Å². The minimum Gasteiger partial charge on any atom is -0.340 e. The quantitative estimate of drug-likeness (QED) is 0.709. The van der Waals surface area contributed by atoms with Crippen LogP contribution in [-0.4, -0.2) is 62.2 Å². The predicted molar refractivity (Wildman–Crippen MR) is 113 cm³/mol. The molecule has 0 bridgehead atoms. The van der Waals surface area contributed by atoms with Gasteiger partial charge in [-0.15, -0.1) is 0 Å². The first-order valence-corrected chi connectivity index (χ1v) is 11.2. The summed E-state index contributed by atoms with van der Waals surface area (Å²) in [6.07, 6.45) is 2.48. The molecular weight excluding hydrogens is 386 g/mol. The van der Waals surface area contributed by atoms with Crippen LogP contribution in [0.2, 0.25) is 0 Å². The molecule has 29 heavy (non-hydrogen) atoms. The van der Waals surface area contributed by atoms with Gasteiger partial charge in [-0.25, -0.2) is 4.98 Å². The topological polar surface area (TPSA) is 71.3 Å². The van der Waals surface area contributed by atoms with Crippen molar-refractivity contribution in [3.63, 3.8) is 0 Å². The zero-order valence-electron chi connectivity index (χ0n) is 17.0. The van der Waals surface area contributed by atoms with Crippen molar-refractivity contribution in [3.05, 3.63) is 51.7 Å². The molecule has 2 aliphatic rings. The van der Waals surface area contributed by atoms with Gasteiger partial charge in [-0.2, -0.15) is 0 Å². The number of hydrogen-bond donors (Lipinski definition) is 0. The fourth-order valence-corrected chi connectivity index (χ4v) is 5.17. The maximum atomic E-state index is 13.1. The fourth-order valence-electron chi connectivity index (χ4n) is 4.06. The van der Waals surface area contributed by atoms with Gasteiger partial charge >= 0.3 is 0 Å². The molecule has 4 rings (SSSR count). The second kappa shape index (κ2) is 8.67. The van der Waals surface area contributed by atoms with Crippen molar-refractivity contribution in [3.8, 4) is 0 Å². The van der Waals surface area contributed by atoms with Crippen molar-refractivity contribution >= 4 is 17.7 Å². The van der Waals surface area contributed by atoms with E-state index in [0.717, 1.165) is 54.8 Å². The minimum atomic E-state index is -0.165. The molecule has 4 heterocycles. The molecule has 0 spiro atoms. The zero-order chi connectivity index (χ0) is 20.4. The fraction of sp³-hybridized carbons (Fsp3) is 0.524. The zero-order valence-corrected chi connectivity index (χ0v) is 17.8. The Kier molecular flexibility index (Phi) is 6.01. The molecule has 0 aromatic carbocycles. The molecule has 154 valence electrons. The van der Waals surface area contributed by atoms with E-state index in [4.69, 9.17) is 0 Å². The predicted octanol–water partition coefficient (Wildman–Crippen LogP) is 1.58. The van der Waals surface area contributed by atoms with Crippen LogP contribution in [0.5, 0.6) is 0 Å². The maximum Gasteiger partial charge on any atom is 0.257 e. The Hall–Kier alpha value is -2.19. The number of nitrogens with zero attached hydrogens (tertiary/aromatic N) is 5. The monoisotopic (exact) mass is 413 g/mol. The number of fused-ring (bicyclic) bond motifs is 1. The Morgan fingerprint density at radius 3 is 2.72 bits per heavy atom. The molecule has 0 radical (unpaired) electrons. The van der Waals surface area contributed by atoms with Crippen LogP contribution in [0, 0.1) is 12.8 Å². The summed E-state index contributed by atoms with van der Waals surface area (Å²) in [5, 5.41) is 0.744. The van der Waals surface area contributed by atoms with E-state index in [-0.39, 0.29) is 17.4 Å². The van der Waals surface area contributed by atoms with Crippen LogP contribution >= 0.6 is 11.8 Å². The largest absolute Gasteiger partial charge is 0.340 e. The highest BCUT2D eigenvalue weighted by atomic mass is 32.2. The van der Waals surface area contributed by atoms with E-state index in [2.05, 4.69) is 14.9 Å². The summed E-state index contributed by atoms with van der Waals surface area (Å²) in [6.45, 7) is 8.26. The average molecular weight is 414 g/mol. The lowest BCUT2D eigenvalue weighted by atomic mass is 10.1. The van der Waals surface area contributed by atoms with Crippen LogP contribution in [0.4, 0.5) is 0 Å². The van der Waals surface area contributed by atoms with E-state index in [1.54, 1.807) is 4.57 Å². The third-order valence-corrected chi connectivity index (χ3v) is 6.89. The number of carbonyl (C=O) groups is 1. The summed E-state index contributed by atoms with van der Waals surface area (Å²) in [6, 6.07) is 5.96. The summed E-state index contributed by atoms with van der Waals surface area (Å²) >= 11 is 1.52. The highest BCUT2D eigenvalue weighted by Crippen LogP contribution is 2.27. The standard InChI is InChI=1S/C21H27N5O2S/c1-3-18-15(2)23-21-26(20(18)28)12-16(14-29-21)19(27)25-10-8-24(9-11-25)13-17-6-4-5-7-22-17/h4-7,16H,3,8-14H2,1-2H3/t16-/m0/s1. The van der Waals surface area contributed by atoms with E-state index in [1.165, 1.54) is 11.8 Å². The van der Waals surface area contributed by atoms with E-state index in [9.17, 15) is 9.59 Å². The third-order valence-electron chi connectivity index (χ3n) is 5.75. The average Bonchev–Trinajstić information content (AvgIpc) is 2.75. The number of rotatable bonds is 4. The number of aromatic nitrogens is 3. The molecule has 0 aliphatic carbocycles. The number of pyridine rings is 1. The minimum absolute atomic E-state index is 0.0141. The van der Waals surface area contributed by atoms with Gasteiger partial charge in [-0.1, -0.05) is 24.8 Å². The van der Waals surface area contributed by atoms with Gasteiger partial charge in [0.1, 0.15) is 0 Å². The van der Waals surface area contributed by atoms with Gasteiger partial charge in [0, 0.05) is 62.5 Å². The van der Waals surface area contributed by atoms with E-state index in [1.807, 2.05) is 43.1 Å². The molecule has 1 saturated heterocycles. The first kappa shape index (κ1) is 20.1. The second-order valence-electron chi connectivity index (χ2n) is 7.66. The molecule has 0 unspecified atom stereocenters. The van der Waals surface area contributed by atoms with Crippen molar-refractivity contribution in [1.29, 1.82) is 0 Å². The summed E-state index contributed by atoms with van der Waals surface area (Å²) in [5.74, 6) is 0.678. The lowest BCUT2D eigenvalue weighted by Crippen LogP contribution is -2.51. The van der Waals surface area contributed by atoms with Crippen molar-refractivity contribution in [2.75, 3.05) is 31.9 Å². The molecule has 0 saturated carbocycles. The first-order chi connectivity index (χ1) is 14.1.